The smallest absolute Gasteiger partial charge is 0.220 e. The molecule has 1 heterocycles. The molecule has 0 aromatic carbocycles. The number of hydrogen-bond donors (Lipinski definition) is 2. The van der Waals surface area contributed by atoms with Crippen molar-refractivity contribution >= 4 is 17.7 Å². The minimum atomic E-state index is -0.658. The molecule has 0 spiro atoms. The Kier molecular flexibility index (Phi) is 5.58. The lowest BCUT2D eigenvalue weighted by Crippen LogP contribution is -2.43. The van der Waals surface area contributed by atoms with Crippen LogP contribution in [-0.2, 0) is 4.79 Å². The van der Waals surface area contributed by atoms with Crippen molar-refractivity contribution in [3.8, 4) is 0 Å². The fourth-order valence-corrected chi connectivity index (χ4v) is 4.53. The molecule has 1 aliphatic carbocycles. The van der Waals surface area contributed by atoms with Gasteiger partial charge in [0, 0.05) is 18.7 Å². The normalized spacial score (nSPS) is 30.2. The Hall–Kier alpha value is -0.220. The Morgan fingerprint density at radius 3 is 2.79 bits per heavy atom. The van der Waals surface area contributed by atoms with E-state index in [2.05, 4.69) is 12.2 Å². The summed E-state index contributed by atoms with van der Waals surface area (Å²) in [6, 6.07) is 0. The van der Waals surface area contributed by atoms with Crippen LogP contribution in [0.5, 0.6) is 0 Å². The summed E-state index contributed by atoms with van der Waals surface area (Å²) in [6.45, 7) is 2.63. The molecule has 0 aromatic heterocycles. The van der Waals surface area contributed by atoms with Gasteiger partial charge in [0.25, 0.3) is 0 Å². The molecule has 2 fully saturated rings. The highest BCUT2D eigenvalue weighted by Gasteiger charge is 2.32. The number of aliphatic hydroxyl groups is 1. The van der Waals surface area contributed by atoms with Crippen LogP contribution in [0.15, 0.2) is 0 Å². The van der Waals surface area contributed by atoms with Crippen LogP contribution in [0.3, 0.4) is 0 Å². The second kappa shape index (κ2) is 6.98. The quantitative estimate of drug-likeness (QED) is 0.816. The first-order valence-corrected chi connectivity index (χ1v) is 8.81. The molecule has 1 amide bonds. The van der Waals surface area contributed by atoms with Gasteiger partial charge in [0.2, 0.25) is 5.91 Å². The predicted octanol–water partition coefficient (Wildman–Crippen LogP) is 2.58. The van der Waals surface area contributed by atoms with Gasteiger partial charge in [-0.1, -0.05) is 39.0 Å². The van der Waals surface area contributed by atoms with E-state index in [0.29, 0.717) is 18.9 Å². The van der Waals surface area contributed by atoms with E-state index in [1.54, 1.807) is 11.8 Å². The van der Waals surface area contributed by atoms with Gasteiger partial charge in [-0.05, 0) is 24.0 Å². The molecule has 0 bridgehead atoms. The molecule has 2 N–H and O–H groups in total. The van der Waals surface area contributed by atoms with Crippen LogP contribution in [0.25, 0.3) is 0 Å². The summed E-state index contributed by atoms with van der Waals surface area (Å²) >= 11 is 1.77. The van der Waals surface area contributed by atoms with E-state index in [1.807, 2.05) is 0 Å². The van der Waals surface area contributed by atoms with Crippen LogP contribution in [0.2, 0.25) is 0 Å². The van der Waals surface area contributed by atoms with E-state index in [0.717, 1.165) is 23.8 Å². The molecule has 1 saturated heterocycles. The first-order valence-electron chi connectivity index (χ1n) is 7.66. The number of amides is 1. The summed E-state index contributed by atoms with van der Waals surface area (Å²) in [7, 11) is 0. The number of carbonyl (C=O) groups excluding carboxylic acids is 1. The molecule has 1 saturated carbocycles. The topological polar surface area (TPSA) is 49.3 Å². The molecule has 4 heteroatoms. The van der Waals surface area contributed by atoms with Crippen molar-refractivity contribution in [2.24, 2.45) is 11.8 Å². The van der Waals surface area contributed by atoms with Gasteiger partial charge in [-0.2, -0.15) is 11.8 Å². The van der Waals surface area contributed by atoms with Gasteiger partial charge in [-0.25, -0.2) is 0 Å². The zero-order valence-corrected chi connectivity index (χ0v) is 12.8. The third-order valence-corrected chi connectivity index (χ3v) is 5.89. The molecule has 19 heavy (non-hydrogen) atoms. The van der Waals surface area contributed by atoms with Crippen LogP contribution in [0.4, 0.5) is 0 Å². The number of hydrogen-bond acceptors (Lipinski definition) is 3. The Bertz CT molecular complexity index is 297. The molecule has 0 aromatic rings. The van der Waals surface area contributed by atoms with Crippen LogP contribution in [-0.4, -0.2) is 34.7 Å². The Balaban J connectivity index is 1.68. The number of rotatable bonds is 5. The van der Waals surface area contributed by atoms with Crippen LogP contribution >= 0.6 is 11.8 Å². The number of carbonyl (C=O) groups is 1. The van der Waals surface area contributed by atoms with Gasteiger partial charge in [-0.3, -0.25) is 4.79 Å². The third kappa shape index (κ3) is 4.67. The molecule has 2 atom stereocenters. The van der Waals surface area contributed by atoms with E-state index >= 15 is 0 Å². The van der Waals surface area contributed by atoms with Crippen molar-refractivity contribution in [1.29, 1.82) is 0 Å². The largest absolute Gasteiger partial charge is 0.387 e. The van der Waals surface area contributed by atoms with E-state index in [1.165, 1.54) is 32.1 Å². The zero-order chi connectivity index (χ0) is 13.7. The minimum absolute atomic E-state index is 0.114. The maximum absolute atomic E-state index is 12.0. The maximum atomic E-state index is 12.0. The fraction of sp³-hybridized carbons (Fsp3) is 0.933. The van der Waals surface area contributed by atoms with Crippen molar-refractivity contribution in [2.45, 2.75) is 57.5 Å². The summed E-state index contributed by atoms with van der Waals surface area (Å²) in [5.74, 6) is 3.08. The first kappa shape index (κ1) is 15.2. The van der Waals surface area contributed by atoms with E-state index in [4.69, 9.17) is 0 Å². The maximum Gasteiger partial charge on any atom is 0.220 e. The van der Waals surface area contributed by atoms with Crippen molar-refractivity contribution in [1.82, 2.24) is 5.32 Å². The summed E-state index contributed by atoms with van der Waals surface area (Å²) in [6.07, 6.45) is 8.01. The van der Waals surface area contributed by atoms with Crippen molar-refractivity contribution in [3.63, 3.8) is 0 Å². The van der Waals surface area contributed by atoms with Crippen molar-refractivity contribution < 1.29 is 9.90 Å². The highest BCUT2D eigenvalue weighted by molar-refractivity contribution is 7.99. The van der Waals surface area contributed by atoms with Crippen LogP contribution < -0.4 is 5.32 Å². The lowest BCUT2D eigenvalue weighted by atomic mass is 9.79. The van der Waals surface area contributed by atoms with E-state index < -0.39 is 5.60 Å². The molecule has 2 rings (SSSR count). The SMILES string of the molecule is CC(CC(=O)NCC1(O)CCSC1)C1CCCCC1. The molecule has 110 valence electrons. The number of thioether (sulfide) groups is 1. The van der Waals surface area contributed by atoms with Gasteiger partial charge < -0.3 is 10.4 Å². The highest BCUT2D eigenvalue weighted by Crippen LogP contribution is 2.31. The molecule has 2 unspecified atom stereocenters. The summed E-state index contributed by atoms with van der Waals surface area (Å²) in [5.41, 5.74) is -0.658. The van der Waals surface area contributed by atoms with Gasteiger partial charge in [0.1, 0.15) is 0 Å². The third-order valence-electron chi connectivity index (χ3n) is 4.66. The Labute approximate surface area is 120 Å². The second-order valence-corrected chi connectivity index (χ2v) is 7.49. The van der Waals surface area contributed by atoms with E-state index in [-0.39, 0.29) is 5.91 Å². The van der Waals surface area contributed by atoms with Gasteiger partial charge in [-0.15, -0.1) is 0 Å². The molecular weight excluding hydrogens is 258 g/mol. The average Bonchev–Trinajstić information content (AvgIpc) is 2.85. The monoisotopic (exact) mass is 285 g/mol. The van der Waals surface area contributed by atoms with Crippen LogP contribution in [0.1, 0.15) is 51.9 Å². The standard InChI is InChI=1S/C15H27NO2S/c1-12(13-5-3-2-4-6-13)9-14(17)16-10-15(18)7-8-19-11-15/h12-13,18H,2-11H2,1H3,(H,16,17). The summed E-state index contributed by atoms with van der Waals surface area (Å²) in [4.78, 5) is 12.0. The summed E-state index contributed by atoms with van der Waals surface area (Å²) < 4.78 is 0. The molecule has 2 aliphatic rings. The Morgan fingerprint density at radius 1 is 1.42 bits per heavy atom. The Morgan fingerprint density at radius 2 is 2.16 bits per heavy atom. The first-order chi connectivity index (χ1) is 9.09. The number of nitrogens with one attached hydrogen (secondary N) is 1. The molecule has 1 aliphatic heterocycles. The van der Waals surface area contributed by atoms with Gasteiger partial charge in [0.15, 0.2) is 0 Å². The van der Waals surface area contributed by atoms with Gasteiger partial charge in [0.05, 0.1) is 5.60 Å². The van der Waals surface area contributed by atoms with Gasteiger partial charge >= 0.3 is 0 Å². The predicted molar refractivity (Wildman–Crippen MR) is 80.3 cm³/mol. The van der Waals surface area contributed by atoms with E-state index in [9.17, 15) is 9.90 Å². The highest BCUT2D eigenvalue weighted by atomic mass is 32.2. The summed E-state index contributed by atoms with van der Waals surface area (Å²) in [5, 5.41) is 13.1. The fourth-order valence-electron chi connectivity index (χ4n) is 3.23. The minimum Gasteiger partial charge on any atom is -0.387 e. The molecule has 3 nitrogen and oxygen atoms in total. The second-order valence-electron chi connectivity index (χ2n) is 6.38. The van der Waals surface area contributed by atoms with Crippen molar-refractivity contribution in [2.75, 3.05) is 18.1 Å². The van der Waals surface area contributed by atoms with Crippen molar-refractivity contribution in [3.05, 3.63) is 0 Å². The molecule has 0 radical (unpaired) electrons. The zero-order valence-electron chi connectivity index (χ0n) is 12.0. The average molecular weight is 285 g/mol. The lowest BCUT2D eigenvalue weighted by molar-refractivity contribution is -0.123. The van der Waals surface area contributed by atoms with Crippen LogP contribution in [0, 0.1) is 11.8 Å². The lowest BCUT2D eigenvalue weighted by Gasteiger charge is -2.28. The molecular formula is C15H27NO2S.